The van der Waals surface area contributed by atoms with E-state index in [0.717, 1.165) is 16.4 Å². The Kier molecular flexibility index (Phi) is 4.85. The predicted octanol–water partition coefficient (Wildman–Crippen LogP) is 2.32. The molecule has 2 heterocycles. The van der Waals surface area contributed by atoms with E-state index in [1.54, 1.807) is 19.9 Å². The molecule has 9 heteroatoms. The number of piperazine rings is 1. The van der Waals surface area contributed by atoms with Crippen molar-refractivity contribution in [3.63, 3.8) is 0 Å². The number of benzene rings is 1. The van der Waals surface area contributed by atoms with E-state index in [1.165, 1.54) is 4.90 Å². The first-order chi connectivity index (χ1) is 12.2. The van der Waals surface area contributed by atoms with Crippen LogP contribution in [0, 0.1) is 25.5 Å². The van der Waals surface area contributed by atoms with E-state index >= 15 is 0 Å². The van der Waals surface area contributed by atoms with Gasteiger partial charge in [0.05, 0.1) is 5.56 Å². The Morgan fingerprint density at radius 2 is 1.73 bits per heavy atom. The third-order valence-electron chi connectivity index (χ3n) is 4.31. The first kappa shape index (κ1) is 18.5. The van der Waals surface area contributed by atoms with Gasteiger partial charge in [-0.2, -0.15) is 4.31 Å². The van der Waals surface area contributed by atoms with E-state index < -0.39 is 26.6 Å². The average molecular weight is 384 g/mol. The topological polar surface area (TPSA) is 70.8 Å². The highest BCUT2D eigenvalue weighted by atomic mass is 32.2. The maximum Gasteiger partial charge on any atom is 0.257 e. The number of carbonyl (C=O) groups excluding carboxylic acids is 1. The molecule has 0 unspecified atom stereocenters. The molecule has 6 nitrogen and oxygen atoms in total. The van der Waals surface area contributed by atoms with Crippen molar-refractivity contribution in [3.05, 3.63) is 53.0 Å². The molecule has 1 aromatic carbocycles. The maximum atomic E-state index is 13.8. The molecule has 1 aliphatic heterocycles. The fraction of sp³-hybridized carbons (Fsp3) is 0.353. The molecule has 0 saturated carbocycles. The van der Waals surface area contributed by atoms with Gasteiger partial charge in [-0.25, -0.2) is 17.2 Å². The summed E-state index contributed by atoms with van der Waals surface area (Å²) in [6, 6.07) is 3.95. The summed E-state index contributed by atoms with van der Waals surface area (Å²) < 4.78 is 58.7. The van der Waals surface area contributed by atoms with E-state index in [9.17, 15) is 22.0 Å². The molecule has 0 aliphatic carbocycles. The highest BCUT2D eigenvalue weighted by Crippen LogP contribution is 2.23. The van der Waals surface area contributed by atoms with Crippen molar-refractivity contribution in [2.45, 2.75) is 18.7 Å². The molecular formula is C17H18F2N2O4S. The molecule has 0 radical (unpaired) electrons. The summed E-state index contributed by atoms with van der Waals surface area (Å²) in [5.41, 5.74) is 0.440. The third-order valence-corrected chi connectivity index (χ3v) is 6.22. The number of rotatable bonds is 3. The van der Waals surface area contributed by atoms with Crippen LogP contribution in [0.2, 0.25) is 0 Å². The van der Waals surface area contributed by atoms with Crippen LogP contribution in [0.4, 0.5) is 8.78 Å². The third kappa shape index (κ3) is 3.36. The van der Waals surface area contributed by atoms with Gasteiger partial charge < -0.3 is 9.32 Å². The molecule has 1 fully saturated rings. The minimum atomic E-state index is -4.17. The number of hydrogen-bond donors (Lipinski definition) is 0. The van der Waals surface area contributed by atoms with Gasteiger partial charge in [0, 0.05) is 26.2 Å². The van der Waals surface area contributed by atoms with Gasteiger partial charge in [0.25, 0.3) is 5.91 Å². The lowest BCUT2D eigenvalue weighted by Gasteiger charge is -2.34. The Balaban J connectivity index is 1.75. The molecule has 2 aromatic rings. The summed E-state index contributed by atoms with van der Waals surface area (Å²) in [6.45, 7) is 3.73. The lowest BCUT2D eigenvalue weighted by atomic mass is 10.2. The number of halogens is 2. The van der Waals surface area contributed by atoms with Gasteiger partial charge in [0.15, 0.2) is 0 Å². The molecule has 0 spiro atoms. The Bertz CT molecular complexity index is 948. The normalized spacial score (nSPS) is 16.1. The first-order valence-corrected chi connectivity index (χ1v) is 9.45. The Morgan fingerprint density at radius 3 is 2.31 bits per heavy atom. The quantitative estimate of drug-likeness (QED) is 0.814. The van der Waals surface area contributed by atoms with E-state index in [2.05, 4.69) is 0 Å². The van der Waals surface area contributed by atoms with E-state index in [4.69, 9.17) is 4.42 Å². The summed E-state index contributed by atoms with van der Waals surface area (Å²) in [7, 11) is -4.17. The van der Waals surface area contributed by atoms with Crippen molar-refractivity contribution in [3.8, 4) is 0 Å². The van der Waals surface area contributed by atoms with E-state index in [0.29, 0.717) is 23.2 Å². The summed E-state index contributed by atoms with van der Waals surface area (Å²) >= 11 is 0. The molecule has 26 heavy (non-hydrogen) atoms. The second-order valence-corrected chi connectivity index (χ2v) is 8.00. The highest BCUT2D eigenvalue weighted by Gasteiger charge is 2.33. The Labute approximate surface area is 150 Å². The molecule has 1 aromatic heterocycles. The van der Waals surface area contributed by atoms with Crippen LogP contribution in [0.1, 0.15) is 21.9 Å². The highest BCUT2D eigenvalue weighted by molar-refractivity contribution is 7.89. The summed E-state index contributed by atoms with van der Waals surface area (Å²) in [6.07, 6.45) is 0. The van der Waals surface area contributed by atoms with E-state index in [-0.39, 0.29) is 32.1 Å². The van der Waals surface area contributed by atoms with Gasteiger partial charge in [-0.15, -0.1) is 0 Å². The zero-order chi connectivity index (χ0) is 19.1. The van der Waals surface area contributed by atoms with Crippen molar-refractivity contribution in [1.82, 2.24) is 9.21 Å². The Hall–Kier alpha value is -2.26. The van der Waals surface area contributed by atoms with Crippen LogP contribution in [0.25, 0.3) is 0 Å². The number of amides is 1. The molecule has 140 valence electrons. The minimum Gasteiger partial charge on any atom is -0.466 e. The molecule has 1 saturated heterocycles. The van der Waals surface area contributed by atoms with Crippen LogP contribution in [-0.4, -0.2) is 49.7 Å². The van der Waals surface area contributed by atoms with Crippen molar-refractivity contribution in [2.75, 3.05) is 26.2 Å². The SMILES string of the molecule is Cc1cc(C(=O)N2CCN(S(=O)(=O)c3cc(F)ccc3F)CC2)c(C)o1. The molecule has 1 amide bonds. The largest absolute Gasteiger partial charge is 0.466 e. The van der Waals surface area contributed by atoms with E-state index in [1.807, 2.05) is 0 Å². The zero-order valence-electron chi connectivity index (χ0n) is 14.3. The van der Waals surface area contributed by atoms with Crippen molar-refractivity contribution in [1.29, 1.82) is 0 Å². The van der Waals surface area contributed by atoms with Crippen LogP contribution >= 0.6 is 0 Å². The lowest BCUT2D eigenvalue weighted by Crippen LogP contribution is -2.50. The minimum absolute atomic E-state index is 0.0000914. The summed E-state index contributed by atoms with van der Waals surface area (Å²) in [4.78, 5) is 13.4. The number of sulfonamides is 1. The molecule has 0 atom stereocenters. The standard InChI is InChI=1S/C17H18F2N2O4S/c1-11-9-14(12(2)25-11)17(22)20-5-7-21(8-6-20)26(23,24)16-10-13(18)3-4-15(16)19/h3-4,9-10H,5-8H2,1-2H3. The maximum absolute atomic E-state index is 13.8. The van der Waals surface area contributed by atoms with Crippen molar-refractivity contribution < 1.29 is 26.4 Å². The average Bonchev–Trinajstić information content (AvgIpc) is 2.94. The molecule has 1 aliphatic rings. The van der Waals surface area contributed by atoms with Crippen LogP contribution in [0.3, 0.4) is 0 Å². The summed E-state index contributed by atoms with van der Waals surface area (Å²) in [5.74, 6) is -0.953. The van der Waals surface area contributed by atoms with Crippen LogP contribution in [-0.2, 0) is 10.0 Å². The van der Waals surface area contributed by atoms with Gasteiger partial charge in [0.1, 0.15) is 28.1 Å². The summed E-state index contributed by atoms with van der Waals surface area (Å²) in [5, 5.41) is 0. The fourth-order valence-corrected chi connectivity index (χ4v) is 4.46. The number of nitrogens with zero attached hydrogens (tertiary/aromatic N) is 2. The number of hydrogen-bond acceptors (Lipinski definition) is 4. The van der Waals surface area contributed by atoms with Gasteiger partial charge in [-0.1, -0.05) is 0 Å². The van der Waals surface area contributed by atoms with Gasteiger partial charge in [0.2, 0.25) is 10.0 Å². The molecule has 3 rings (SSSR count). The van der Waals surface area contributed by atoms with Gasteiger partial charge in [-0.05, 0) is 38.1 Å². The first-order valence-electron chi connectivity index (χ1n) is 8.01. The Morgan fingerprint density at radius 1 is 1.08 bits per heavy atom. The molecule has 0 bridgehead atoms. The fourth-order valence-electron chi connectivity index (χ4n) is 2.96. The number of carbonyl (C=O) groups is 1. The van der Waals surface area contributed by atoms with Crippen molar-refractivity contribution >= 4 is 15.9 Å². The van der Waals surface area contributed by atoms with Crippen LogP contribution in [0.15, 0.2) is 33.6 Å². The molecule has 0 N–H and O–H groups in total. The van der Waals surface area contributed by atoms with Crippen molar-refractivity contribution in [2.24, 2.45) is 0 Å². The lowest BCUT2D eigenvalue weighted by molar-refractivity contribution is 0.0696. The molecular weight excluding hydrogens is 366 g/mol. The van der Waals surface area contributed by atoms with Gasteiger partial charge >= 0.3 is 0 Å². The number of furan rings is 1. The van der Waals surface area contributed by atoms with Crippen LogP contribution < -0.4 is 0 Å². The van der Waals surface area contributed by atoms with Crippen LogP contribution in [0.5, 0.6) is 0 Å². The zero-order valence-corrected chi connectivity index (χ0v) is 15.1. The monoisotopic (exact) mass is 384 g/mol. The van der Waals surface area contributed by atoms with Gasteiger partial charge in [-0.3, -0.25) is 4.79 Å². The number of aryl methyl sites for hydroxylation is 2. The second kappa shape index (κ2) is 6.81. The second-order valence-electron chi connectivity index (χ2n) is 6.10. The smallest absolute Gasteiger partial charge is 0.257 e. The predicted molar refractivity (Wildman–Crippen MR) is 89.2 cm³/mol.